The van der Waals surface area contributed by atoms with Gasteiger partial charge in [-0.25, -0.2) is 0 Å². The van der Waals surface area contributed by atoms with Crippen molar-refractivity contribution in [2.75, 3.05) is 0 Å². The van der Waals surface area contributed by atoms with Crippen molar-refractivity contribution >= 4 is 12.6 Å². The van der Waals surface area contributed by atoms with Crippen LogP contribution >= 0.6 is 12.6 Å². The molecule has 0 saturated carbocycles. The maximum absolute atomic E-state index is 5.56. The molecule has 2 heteroatoms. The second-order valence-corrected chi connectivity index (χ2v) is 3.14. The molecule has 0 saturated heterocycles. The third kappa shape index (κ3) is 1.48. The Balaban J connectivity index is 2.49. The molecule has 0 aromatic carbocycles. The van der Waals surface area contributed by atoms with Crippen molar-refractivity contribution in [3.05, 3.63) is 11.8 Å². The smallest absolute Gasteiger partial charge is 0.113 e. The zero-order valence-corrected chi connectivity index (χ0v) is 7.40. The van der Waals surface area contributed by atoms with Gasteiger partial charge in [0.05, 0.1) is 11.0 Å². The zero-order chi connectivity index (χ0) is 7.56. The van der Waals surface area contributed by atoms with Crippen LogP contribution < -0.4 is 0 Å². The van der Waals surface area contributed by atoms with Crippen LogP contribution in [0.15, 0.2) is 11.8 Å². The van der Waals surface area contributed by atoms with Crippen LogP contribution in [0, 0.1) is 0 Å². The standard InChI is InChI=1S/C8H14OS/c1-3-6-5-8(10)7(4-2)9-6/h5,7-8,10H,3-4H2,1-2H3. The van der Waals surface area contributed by atoms with Gasteiger partial charge in [-0.1, -0.05) is 13.8 Å². The molecule has 0 N–H and O–H groups in total. The van der Waals surface area contributed by atoms with Gasteiger partial charge in [-0.05, 0) is 12.5 Å². The normalized spacial score (nSPS) is 31.7. The van der Waals surface area contributed by atoms with E-state index in [4.69, 9.17) is 4.74 Å². The lowest BCUT2D eigenvalue weighted by Gasteiger charge is -2.12. The Morgan fingerprint density at radius 2 is 2.30 bits per heavy atom. The summed E-state index contributed by atoms with van der Waals surface area (Å²) in [7, 11) is 0. The summed E-state index contributed by atoms with van der Waals surface area (Å²) in [6.45, 7) is 4.23. The molecular weight excluding hydrogens is 144 g/mol. The zero-order valence-electron chi connectivity index (χ0n) is 6.50. The van der Waals surface area contributed by atoms with Crippen LogP contribution in [0.4, 0.5) is 0 Å². The number of ether oxygens (including phenoxy) is 1. The average Bonchev–Trinajstić information content (AvgIpc) is 2.30. The fourth-order valence-corrected chi connectivity index (χ4v) is 1.57. The second-order valence-electron chi connectivity index (χ2n) is 2.54. The fourth-order valence-electron chi connectivity index (χ4n) is 1.13. The van der Waals surface area contributed by atoms with E-state index in [0.717, 1.165) is 18.6 Å². The Morgan fingerprint density at radius 3 is 2.60 bits per heavy atom. The summed E-state index contributed by atoms with van der Waals surface area (Å²) >= 11 is 4.38. The lowest BCUT2D eigenvalue weighted by molar-refractivity contribution is 0.138. The Bertz CT molecular complexity index is 142. The molecule has 0 aromatic heterocycles. The van der Waals surface area contributed by atoms with Crippen molar-refractivity contribution in [3.63, 3.8) is 0 Å². The highest BCUT2D eigenvalue weighted by molar-refractivity contribution is 7.81. The summed E-state index contributed by atoms with van der Waals surface area (Å²) in [5.41, 5.74) is 0. The molecule has 10 heavy (non-hydrogen) atoms. The van der Waals surface area contributed by atoms with E-state index in [1.165, 1.54) is 0 Å². The highest BCUT2D eigenvalue weighted by Crippen LogP contribution is 2.25. The number of hydrogen-bond donors (Lipinski definition) is 1. The molecule has 0 amide bonds. The summed E-state index contributed by atoms with van der Waals surface area (Å²) in [5, 5.41) is 0.319. The number of thiol groups is 1. The van der Waals surface area contributed by atoms with E-state index in [9.17, 15) is 0 Å². The van der Waals surface area contributed by atoms with E-state index in [-0.39, 0.29) is 0 Å². The maximum Gasteiger partial charge on any atom is 0.113 e. The van der Waals surface area contributed by atoms with Crippen molar-refractivity contribution in [1.29, 1.82) is 0 Å². The van der Waals surface area contributed by atoms with Crippen molar-refractivity contribution in [1.82, 2.24) is 0 Å². The lowest BCUT2D eigenvalue weighted by Crippen LogP contribution is -2.14. The summed E-state index contributed by atoms with van der Waals surface area (Å²) in [5.74, 6) is 1.10. The molecule has 2 unspecified atom stereocenters. The highest BCUT2D eigenvalue weighted by Gasteiger charge is 2.23. The van der Waals surface area contributed by atoms with Crippen molar-refractivity contribution in [2.45, 2.75) is 38.0 Å². The van der Waals surface area contributed by atoms with E-state index >= 15 is 0 Å². The minimum absolute atomic E-state index is 0.318. The first-order chi connectivity index (χ1) is 4.77. The first-order valence-electron chi connectivity index (χ1n) is 3.83. The molecule has 0 bridgehead atoms. The van der Waals surface area contributed by atoms with Crippen molar-refractivity contribution in [3.8, 4) is 0 Å². The van der Waals surface area contributed by atoms with Gasteiger partial charge < -0.3 is 4.74 Å². The molecule has 0 spiro atoms. The number of hydrogen-bond acceptors (Lipinski definition) is 2. The molecule has 0 aliphatic carbocycles. The van der Waals surface area contributed by atoms with E-state index in [2.05, 4.69) is 32.6 Å². The number of allylic oxidation sites excluding steroid dienone is 1. The van der Waals surface area contributed by atoms with Crippen molar-refractivity contribution in [2.24, 2.45) is 0 Å². The van der Waals surface area contributed by atoms with Crippen LogP contribution in [-0.4, -0.2) is 11.4 Å². The third-order valence-corrected chi connectivity index (χ3v) is 2.27. The van der Waals surface area contributed by atoms with Gasteiger partial charge in [0.2, 0.25) is 0 Å². The van der Waals surface area contributed by atoms with Crippen molar-refractivity contribution < 1.29 is 4.74 Å². The molecule has 1 heterocycles. The van der Waals surface area contributed by atoms with Gasteiger partial charge in [0, 0.05) is 6.42 Å². The van der Waals surface area contributed by atoms with Gasteiger partial charge in [-0.2, -0.15) is 12.6 Å². The lowest BCUT2D eigenvalue weighted by atomic mass is 10.2. The summed E-state index contributed by atoms with van der Waals surface area (Å²) in [6, 6.07) is 0. The van der Waals surface area contributed by atoms with Crippen LogP contribution in [-0.2, 0) is 4.74 Å². The monoisotopic (exact) mass is 158 g/mol. The predicted molar refractivity (Wildman–Crippen MR) is 46.3 cm³/mol. The van der Waals surface area contributed by atoms with Crippen LogP contribution in [0.2, 0.25) is 0 Å². The quantitative estimate of drug-likeness (QED) is 0.607. The average molecular weight is 158 g/mol. The molecule has 2 atom stereocenters. The molecule has 1 aliphatic heterocycles. The highest BCUT2D eigenvalue weighted by atomic mass is 32.1. The Hall–Kier alpha value is -0.110. The summed E-state index contributed by atoms with van der Waals surface area (Å²) < 4.78 is 5.56. The first kappa shape index (κ1) is 7.99. The first-order valence-corrected chi connectivity index (χ1v) is 4.35. The van der Waals surface area contributed by atoms with Gasteiger partial charge >= 0.3 is 0 Å². The predicted octanol–water partition coefficient (Wildman–Crippen LogP) is 2.39. The Morgan fingerprint density at radius 1 is 1.60 bits per heavy atom. The van der Waals surface area contributed by atoms with Gasteiger partial charge in [0.1, 0.15) is 6.10 Å². The fraction of sp³-hybridized carbons (Fsp3) is 0.750. The van der Waals surface area contributed by atoms with Gasteiger partial charge in [-0.15, -0.1) is 0 Å². The number of rotatable bonds is 2. The minimum atomic E-state index is 0.318. The Labute approximate surface area is 67.9 Å². The topological polar surface area (TPSA) is 9.23 Å². The molecule has 58 valence electrons. The molecular formula is C8H14OS. The van der Waals surface area contributed by atoms with Gasteiger partial charge in [0.25, 0.3) is 0 Å². The maximum atomic E-state index is 5.56. The van der Waals surface area contributed by atoms with E-state index in [1.807, 2.05) is 0 Å². The summed E-state index contributed by atoms with van der Waals surface area (Å²) in [4.78, 5) is 0. The van der Waals surface area contributed by atoms with Gasteiger partial charge in [0.15, 0.2) is 0 Å². The molecule has 0 aromatic rings. The van der Waals surface area contributed by atoms with Crippen LogP contribution in [0.3, 0.4) is 0 Å². The molecule has 0 fully saturated rings. The molecule has 1 rings (SSSR count). The van der Waals surface area contributed by atoms with E-state index in [1.54, 1.807) is 0 Å². The molecule has 1 aliphatic rings. The molecule has 0 radical (unpaired) electrons. The van der Waals surface area contributed by atoms with Gasteiger partial charge in [-0.3, -0.25) is 0 Å². The second kappa shape index (κ2) is 3.33. The van der Waals surface area contributed by atoms with E-state index in [0.29, 0.717) is 11.4 Å². The minimum Gasteiger partial charge on any atom is -0.494 e. The molecule has 1 nitrogen and oxygen atoms in total. The van der Waals surface area contributed by atoms with E-state index < -0.39 is 0 Å². The van der Waals surface area contributed by atoms with Crippen LogP contribution in [0.25, 0.3) is 0 Å². The van der Waals surface area contributed by atoms with Crippen LogP contribution in [0.5, 0.6) is 0 Å². The largest absolute Gasteiger partial charge is 0.494 e. The SMILES string of the molecule is CCC1=CC(S)C(CC)O1. The summed E-state index contributed by atoms with van der Waals surface area (Å²) in [6.07, 6.45) is 4.47. The van der Waals surface area contributed by atoms with Crippen LogP contribution in [0.1, 0.15) is 26.7 Å². The Kier molecular flexibility index (Phi) is 2.66. The third-order valence-electron chi connectivity index (χ3n) is 1.79.